The Morgan fingerprint density at radius 3 is 2.50 bits per heavy atom. The first kappa shape index (κ1) is 19.7. The van der Waals surface area contributed by atoms with Crippen LogP contribution in [0.1, 0.15) is 22.5 Å². The summed E-state index contributed by atoms with van der Waals surface area (Å²) in [6.07, 6.45) is 3.11. The van der Waals surface area contributed by atoms with Gasteiger partial charge >= 0.3 is 5.97 Å². The third-order valence-corrected chi connectivity index (χ3v) is 4.75. The van der Waals surface area contributed by atoms with Gasteiger partial charge in [-0.2, -0.15) is 5.10 Å². The van der Waals surface area contributed by atoms with E-state index in [0.29, 0.717) is 23.1 Å². The summed E-state index contributed by atoms with van der Waals surface area (Å²) in [5, 5.41) is 5.27. The number of aryl methyl sites for hydroxylation is 1. The number of carbonyl (C=O) groups excluding carboxylic acids is 1. The highest BCUT2D eigenvalue weighted by molar-refractivity contribution is 6.31. The molecule has 0 atom stereocenters. The van der Waals surface area contributed by atoms with Gasteiger partial charge in [0, 0.05) is 22.4 Å². The number of ether oxygens (including phenoxy) is 2. The van der Waals surface area contributed by atoms with E-state index >= 15 is 0 Å². The number of esters is 1. The highest BCUT2D eigenvalue weighted by Gasteiger charge is 2.12. The van der Waals surface area contributed by atoms with Crippen molar-refractivity contribution in [1.82, 2.24) is 9.78 Å². The number of para-hydroxylation sites is 2. The van der Waals surface area contributed by atoms with Crippen LogP contribution in [0.4, 0.5) is 0 Å². The van der Waals surface area contributed by atoms with Gasteiger partial charge in [-0.25, -0.2) is 4.79 Å². The molecule has 0 unspecified atom stereocenters. The fraction of sp³-hybridized carbons (Fsp3) is 0.182. The Hall–Kier alpha value is -3.05. The van der Waals surface area contributed by atoms with Crippen LogP contribution >= 0.6 is 11.6 Å². The second-order valence-electron chi connectivity index (χ2n) is 6.24. The zero-order valence-corrected chi connectivity index (χ0v) is 16.7. The van der Waals surface area contributed by atoms with E-state index in [9.17, 15) is 4.79 Å². The molecule has 0 radical (unpaired) electrons. The number of carbonyl (C=O) groups is 1. The maximum absolute atomic E-state index is 12.2. The standard InChI is InChI=1S/C22H21ClN2O3/c1-15-18(12-13-22(26)28-21-11-7-6-10-20(21)27-3)16(2)25(24-15)14-17-8-4-5-9-19(17)23/h4-13H,14H2,1-3H3/b13-12+. The average molecular weight is 397 g/mol. The van der Waals surface area contributed by atoms with Gasteiger partial charge in [-0.05, 0) is 43.7 Å². The number of aromatic nitrogens is 2. The number of hydrogen-bond donors (Lipinski definition) is 0. The third-order valence-electron chi connectivity index (χ3n) is 4.38. The molecule has 144 valence electrons. The smallest absolute Gasteiger partial charge is 0.336 e. The molecule has 0 amide bonds. The Kier molecular flexibility index (Phi) is 6.16. The first-order valence-corrected chi connectivity index (χ1v) is 9.17. The summed E-state index contributed by atoms with van der Waals surface area (Å²) in [7, 11) is 1.53. The molecule has 0 aliphatic heterocycles. The number of rotatable bonds is 6. The van der Waals surface area contributed by atoms with Crippen LogP contribution in [0.2, 0.25) is 5.02 Å². The minimum Gasteiger partial charge on any atom is -0.493 e. The van der Waals surface area contributed by atoms with Gasteiger partial charge in [-0.1, -0.05) is 41.9 Å². The molecule has 0 spiro atoms. The summed E-state index contributed by atoms with van der Waals surface area (Å²) in [5.74, 6) is 0.397. The van der Waals surface area contributed by atoms with Crippen LogP contribution in [0.15, 0.2) is 54.6 Å². The molecule has 6 heteroatoms. The van der Waals surface area contributed by atoms with Crippen molar-refractivity contribution in [3.8, 4) is 11.5 Å². The van der Waals surface area contributed by atoms with Gasteiger partial charge in [0.25, 0.3) is 0 Å². The lowest BCUT2D eigenvalue weighted by Gasteiger charge is -2.07. The van der Waals surface area contributed by atoms with Crippen LogP contribution in [-0.4, -0.2) is 22.9 Å². The molecule has 0 fully saturated rings. The lowest BCUT2D eigenvalue weighted by molar-refractivity contribution is -0.129. The summed E-state index contributed by atoms with van der Waals surface area (Å²) < 4.78 is 12.4. The largest absolute Gasteiger partial charge is 0.493 e. The molecule has 1 aromatic heterocycles. The fourth-order valence-corrected chi connectivity index (χ4v) is 3.09. The van der Waals surface area contributed by atoms with Crippen LogP contribution in [0.5, 0.6) is 11.5 Å². The molecule has 2 aromatic carbocycles. The second-order valence-corrected chi connectivity index (χ2v) is 6.65. The Morgan fingerprint density at radius 2 is 1.79 bits per heavy atom. The van der Waals surface area contributed by atoms with Gasteiger partial charge in [0.1, 0.15) is 0 Å². The molecule has 3 aromatic rings. The Balaban J connectivity index is 1.76. The second kappa shape index (κ2) is 8.76. The summed E-state index contributed by atoms with van der Waals surface area (Å²) in [6.45, 7) is 4.43. The zero-order valence-electron chi connectivity index (χ0n) is 16.0. The van der Waals surface area contributed by atoms with E-state index in [-0.39, 0.29) is 0 Å². The Labute approximate surface area is 169 Å². The minimum absolute atomic E-state index is 0.377. The molecule has 1 heterocycles. The molecule has 3 rings (SSSR count). The molecule has 0 aliphatic rings. The predicted molar refractivity (Wildman–Crippen MR) is 110 cm³/mol. The Morgan fingerprint density at radius 1 is 1.11 bits per heavy atom. The van der Waals surface area contributed by atoms with Crippen molar-refractivity contribution < 1.29 is 14.3 Å². The van der Waals surface area contributed by atoms with E-state index in [1.165, 1.54) is 13.2 Å². The average Bonchev–Trinajstić information content (AvgIpc) is 2.95. The van der Waals surface area contributed by atoms with Crippen LogP contribution in [0.25, 0.3) is 6.08 Å². The molecular weight excluding hydrogens is 376 g/mol. The van der Waals surface area contributed by atoms with Gasteiger partial charge in [0.05, 0.1) is 19.3 Å². The van der Waals surface area contributed by atoms with Crippen molar-refractivity contribution >= 4 is 23.6 Å². The van der Waals surface area contributed by atoms with E-state index < -0.39 is 5.97 Å². The highest BCUT2D eigenvalue weighted by atomic mass is 35.5. The monoisotopic (exact) mass is 396 g/mol. The SMILES string of the molecule is COc1ccccc1OC(=O)/C=C/c1c(C)nn(Cc2ccccc2Cl)c1C. The number of methoxy groups -OCH3 is 1. The maximum Gasteiger partial charge on any atom is 0.336 e. The number of halogens is 1. The molecule has 5 nitrogen and oxygen atoms in total. The van der Waals surface area contributed by atoms with E-state index in [1.807, 2.05) is 48.9 Å². The zero-order chi connectivity index (χ0) is 20.1. The van der Waals surface area contributed by atoms with Crippen LogP contribution in [0, 0.1) is 13.8 Å². The van der Waals surface area contributed by atoms with E-state index in [0.717, 1.165) is 22.5 Å². The lowest BCUT2D eigenvalue weighted by Crippen LogP contribution is -2.05. The van der Waals surface area contributed by atoms with Gasteiger partial charge in [0.15, 0.2) is 11.5 Å². The van der Waals surface area contributed by atoms with E-state index in [1.54, 1.807) is 24.3 Å². The van der Waals surface area contributed by atoms with E-state index in [2.05, 4.69) is 5.10 Å². The normalized spacial score (nSPS) is 11.0. The van der Waals surface area contributed by atoms with Crippen molar-refractivity contribution in [2.75, 3.05) is 7.11 Å². The van der Waals surface area contributed by atoms with Crippen molar-refractivity contribution in [3.05, 3.63) is 82.1 Å². The Bertz CT molecular complexity index is 1020. The fourth-order valence-electron chi connectivity index (χ4n) is 2.89. The van der Waals surface area contributed by atoms with Gasteiger partial charge < -0.3 is 9.47 Å². The van der Waals surface area contributed by atoms with Crippen LogP contribution in [0.3, 0.4) is 0 Å². The van der Waals surface area contributed by atoms with E-state index in [4.69, 9.17) is 21.1 Å². The molecule has 0 bridgehead atoms. The number of nitrogens with zero attached hydrogens (tertiary/aromatic N) is 2. The molecule has 28 heavy (non-hydrogen) atoms. The molecular formula is C22H21ClN2O3. The summed E-state index contributed by atoms with van der Waals surface area (Å²) in [4.78, 5) is 12.2. The minimum atomic E-state index is -0.484. The predicted octanol–water partition coefficient (Wildman–Crippen LogP) is 4.83. The van der Waals surface area contributed by atoms with Crippen LogP contribution in [-0.2, 0) is 11.3 Å². The van der Waals surface area contributed by atoms with Crippen molar-refractivity contribution in [1.29, 1.82) is 0 Å². The molecule has 0 saturated heterocycles. The summed E-state index contributed by atoms with van der Waals surface area (Å²) >= 11 is 6.25. The van der Waals surface area contributed by atoms with Gasteiger partial charge in [0.2, 0.25) is 0 Å². The summed E-state index contributed by atoms with van der Waals surface area (Å²) in [6, 6.07) is 14.7. The first-order valence-electron chi connectivity index (χ1n) is 8.80. The highest BCUT2D eigenvalue weighted by Crippen LogP contribution is 2.26. The number of hydrogen-bond acceptors (Lipinski definition) is 4. The topological polar surface area (TPSA) is 53.4 Å². The molecule has 0 saturated carbocycles. The van der Waals surface area contributed by atoms with Crippen molar-refractivity contribution in [3.63, 3.8) is 0 Å². The maximum atomic E-state index is 12.2. The van der Waals surface area contributed by atoms with Crippen molar-refractivity contribution in [2.45, 2.75) is 20.4 Å². The molecule has 0 aliphatic carbocycles. The van der Waals surface area contributed by atoms with Crippen LogP contribution < -0.4 is 9.47 Å². The lowest BCUT2D eigenvalue weighted by atomic mass is 10.1. The summed E-state index contributed by atoms with van der Waals surface area (Å²) in [5.41, 5.74) is 3.63. The number of benzene rings is 2. The first-order chi connectivity index (χ1) is 13.5. The molecule has 0 N–H and O–H groups in total. The van der Waals surface area contributed by atoms with Gasteiger partial charge in [-0.15, -0.1) is 0 Å². The third kappa shape index (κ3) is 4.43. The van der Waals surface area contributed by atoms with Crippen molar-refractivity contribution in [2.24, 2.45) is 0 Å². The quantitative estimate of drug-likeness (QED) is 0.340. The van der Waals surface area contributed by atoms with Gasteiger partial charge in [-0.3, -0.25) is 4.68 Å².